The van der Waals surface area contributed by atoms with E-state index in [0.29, 0.717) is 0 Å². The zero-order chi connectivity index (χ0) is 23.1. The van der Waals surface area contributed by atoms with E-state index in [0.717, 1.165) is 23.0 Å². The van der Waals surface area contributed by atoms with E-state index in [1.807, 2.05) is 48.8 Å². The van der Waals surface area contributed by atoms with Crippen molar-refractivity contribution in [3.05, 3.63) is 97.3 Å². The van der Waals surface area contributed by atoms with Crippen molar-refractivity contribution in [2.75, 3.05) is 19.2 Å². The van der Waals surface area contributed by atoms with Gasteiger partial charge in [-0.05, 0) is 62.4 Å². The van der Waals surface area contributed by atoms with Crippen LogP contribution in [0.3, 0.4) is 0 Å². The molecule has 9 heteroatoms. The second kappa shape index (κ2) is 9.79. The van der Waals surface area contributed by atoms with Crippen molar-refractivity contribution in [3.8, 4) is 0 Å². The molecule has 6 nitrogen and oxygen atoms in total. The molecule has 4 aromatic rings. The summed E-state index contributed by atoms with van der Waals surface area (Å²) in [6, 6.07) is 29.4. The fourth-order valence-electron chi connectivity index (χ4n) is 4.74. The molecule has 2 aliphatic heterocycles. The number of hydrogen-bond donors (Lipinski definition) is 0. The first-order chi connectivity index (χ1) is 16.7. The van der Waals surface area contributed by atoms with Gasteiger partial charge in [0.15, 0.2) is 0 Å². The molecule has 0 saturated carbocycles. The maximum Gasteiger partial charge on any atom is 0.398 e. The van der Waals surface area contributed by atoms with E-state index in [2.05, 4.69) is 107 Å². The first kappa shape index (κ1) is 23.5. The summed E-state index contributed by atoms with van der Waals surface area (Å²) in [7, 11) is 4.35. The van der Waals surface area contributed by atoms with Crippen molar-refractivity contribution in [1.29, 1.82) is 0 Å². The molecule has 2 unspecified atom stereocenters. The Kier molecular flexibility index (Phi) is 6.57. The van der Waals surface area contributed by atoms with Gasteiger partial charge in [0, 0.05) is 56.9 Å². The van der Waals surface area contributed by atoms with E-state index in [1.54, 1.807) is 0 Å². The van der Waals surface area contributed by atoms with Crippen LogP contribution in [0, 0.1) is 0 Å². The van der Waals surface area contributed by atoms with Crippen molar-refractivity contribution in [1.82, 2.24) is 9.97 Å². The zero-order valence-corrected chi connectivity index (χ0v) is 21.8. The van der Waals surface area contributed by atoms with Gasteiger partial charge in [0.25, 0.3) is 0 Å². The van der Waals surface area contributed by atoms with Crippen LogP contribution in [0.15, 0.2) is 97.3 Å². The first-order valence-electron chi connectivity index (χ1n) is 11.6. The van der Waals surface area contributed by atoms with Crippen LogP contribution in [0.4, 0.5) is 34.4 Å². The monoisotopic (exact) mass is 637 g/mol. The number of nitrogens with zero attached hydrogens (tertiary/aromatic N) is 6. The van der Waals surface area contributed by atoms with Crippen molar-refractivity contribution < 1.29 is 21.1 Å². The van der Waals surface area contributed by atoms with Crippen LogP contribution in [0.5, 0.6) is 0 Å². The summed E-state index contributed by atoms with van der Waals surface area (Å²) < 4.78 is 0. The van der Waals surface area contributed by atoms with E-state index >= 15 is 0 Å². The van der Waals surface area contributed by atoms with Crippen LogP contribution in [0.2, 0.25) is 0 Å². The van der Waals surface area contributed by atoms with Gasteiger partial charge < -0.3 is 19.2 Å². The maximum absolute atomic E-state index is 4.59. The van der Waals surface area contributed by atoms with Gasteiger partial charge in [-0.1, -0.05) is 36.4 Å². The van der Waals surface area contributed by atoms with Crippen molar-refractivity contribution in [2.24, 2.45) is 0 Å². The summed E-state index contributed by atoms with van der Waals surface area (Å²) in [5.74, 6) is 1.83. The maximum atomic E-state index is 4.59. The van der Waals surface area contributed by atoms with Crippen LogP contribution < -0.4 is 19.2 Å². The molecule has 0 fully saturated rings. The Balaban J connectivity index is 0.00000253. The van der Waals surface area contributed by atoms with Crippen LogP contribution in [0.25, 0.3) is 0 Å². The molecule has 6 rings (SSSR count). The van der Waals surface area contributed by atoms with Gasteiger partial charge in [-0.15, -0.1) is 0 Å². The third-order valence-electron chi connectivity index (χ3n) is 6.69. The average Bonchev–Trinajstić information content (AvgIpc) is 3.48. The fraction of sp³-hybridized carbons (Fsp3) is 0.154. The predicted octanol–water partition coefficient (Wildman–Crippen LogP) is 4.94. The molecule has 0 N–H and O–H groups in total. The Morgan fingerprint density at radius 1 is 0.543 bits per heavy atom. The number of anilines is 6. The van der Waals surface area contributed by atoms with Crippen molar-refractivity contribution >= 4 is 49.5 Å². The molecule has 2 aromatic carbocycles. The summed E-state index contributed by atoms with van der Waals surface area (Å²) in [6.07, 6.45) is 3.67. The summed E-state index contributed by atoms with van der Waals surface area (Å²) in [5.41, 5.74) is 4.64. The van der Waals surface area contributed by atoms with Gasteiger partial charge in [0.1, 0.15) is 11.6 Å². The standard InChI is InChI=1S/C26H24B2N6.Pt/c1-19(31-21-11-3-5-13-23(21)33(27-31)25-15-7-9-17-29-25)20(2)32-22-12-4-6-14-24(22)34(28-32)26-16-8-10-18-30-26;/h3-20H,1-2H3;. The van der Waals surface area contributed by atoms with Gasteiger partial charge in [-0.2, -0.15) is 0 Å². The minimum absolute atomic E-state index is 0. The largest absolute Gasteiger partial charge is 0.398 e. The minimum Gasteiger partial charge on any atom is -0.392 e. The molecule has 0 amide bonds. The van der Waals surface area contributed by atoms with E-state index in [9.17, 15) is 0 Å². The van der Waals surface area contributed by atoms with Gasteiger partial charge in [0.2, 0.25) is 0 Å². The molecule has 2 radical (unpaired) electrons. The molecule has 2 aliphatic rings. The number of pyridine rings is 2. The smallest absolute Gasteiger partial charge is 0.392 e. The fourth-order valence-corrected chi connectivity index (χ4v) is 4.74. The van der Waals surface area contributed by atoms with Crippen LogP contribution in [-0.2, 0) is 21.1 Å². The first-order valence-corrected chi connectivity index (χ1v) is 11.6. The molecule has 4 heterocycles. The normalized spacial score (nSPS) is 15.5. The molecular weight excluding hydrogens is 613 g/mol. The quantitative estimate of drug-likeness (QED) is 0.289. The number of fused-ring (bicyclic) bond motifs is 2. The number of hydrogen-bond acceptors (Lipinski definition) is 6. The van der Waals surface area contributed by atoms with Crippen LogP contribution in [-0.4, -0.2) is 37.2 Å². The summed E-state index contributed by atoms with van der Waals surface area (Å²) in [4.78, 5) is 18.2. The van der Waals surface area contributed by atoms with Crippen molar-refractivity contribution in [3.63, 3.8) is 0 Å². The minimum atomic E-state index is 0. The Bertz CT molecular complexity index is 1190. The second-order valence-electron chi connectivity index (χ2n) is 8.62. The van der Waals surface area contributed by atoms with E-state index in [4.69, 9.17) is 0 Å². The average molecular weight is 637 g/mol. The third-order valence-corrected chi connectivity index (χ3v) is 6.69. The molecule has 0 saturated heterocycles. The Morgan fingerprint density at radius 2 is 0.914 bits per heavy atom. The third kappa shape index (κ3) is 4.10. The molecule has 2 aromatic heterocycles. The Morgan fingerprint density at radius 3 is 1.29 bits per heavy atom. The molecule has 174 valence electrons. The van der Waals surface area contributed by atoms with Gasteiger partial charge in [0.05, 0.1) is 11.4 Å². The molecule has 0 bridgehead atoms. The number of rotatable bonds is 5. The predicted molar refractivity (Wildman–Crippen MR) is 141 cm³/mol. The van der Waals surface area contributed by atoms with Crippen LogP contribution in [0.1, 0.15) is 13.8 Å². The van der Waals surface area contributed by atoms with E-state index in [-0.39, 0.29) is 33.1 Å². The topological polar surface area (TPSA) is 38.7 Å². The van der Waals surface area contributed by atoms with Gasteiger partial charge in [-0.25, -0.2) is 9.97 Å². The molecule has 0 aliphatic carbocycles. The van der Waals surface area contributed by atoms with Crippen LogP contribution >= 0.6 is 0 Å². The van der Waals surface area contributed by atoms with Gasteiger partial charge >= 0.3 is 15.1 Å². The number of benzene rings is 2. The summed E-state index contributed by atoms with van der Waals surface area (Å²) in [5, 5.41) is 0. The Hall–Kier alpha value is -3.24. The number of para-hydroxylation sites is 4. The molecular formula is C26H24B2N6Pt. The van der Waals surface area contributed by atoms with E-state index < -0.39 is 0 Å². The van der Waals surface area contributed by atoms with Gasteiger partial charge in [-0.3, -0.25) is 0 Å². The number of aromatic nitrogens is 2. The summed E-state index contributed by atoms with van der Waals surface area (Å²) >= 11 is 0. The van der Waals surface area contributed by atoms with Crippen molar-refractivity contribution in [2.45, 2.75) is 25.9 Å². The second-order valence-corrected chi connectivity index (χ2v) is 8.62. The molecule has 2 atom stereocenters. The molecule has 35 heavy (non-hydrogen) atoms. The Labute approximate surface area is 222 Å². The SMILES string of the molecule is CC(C(C)N1[B]N(c2ccccn2)c2ccccc21)N1[B]N(c2ccccn2)c2ccccc21.[Pt]. The zero-order valence-electron chi connectivity index (χ0n) is 19.5. The van der Waals surface area contributed by atoms with E-state index in [1.165, 1.54) is 11.4 Å². The molecule has 0 spiro atoms. The summed E-state index contributed by atoms with van der Waals surface area (Å²) in [6.45, 7) is 4.56.